The zero-order valence-electron chi connectivity index (χ0n) is 53.8. The highest BCUT2D eigenvalue weighted by Crippen LogP contribution is 2.30. The first-order chi connectivity index (χ1) is 41.8. The van der Waals surface area contributed by atoms with E-state index in [4.69, 9.17) is 90.7 Å². The standard InChI is InChI=1S/C15H21FN2O5.2C15H22N2O6.C15H22N2O5/c1-8-5-9(16)12(17)11(6-8)22-7-10(13(19)20)18-14(21)23-15(2,3)4;1-15(2,3)23-14(20)17-11(13(18)19)8-22-12-6-5-9(21-4)7-10(12)16;1-15(2,3)23-14(20)17-11(13(18)19)8-22-12-7-9(21-4)5-6-10(12)16;1-9-6-5-7-10(16)12(9)21-8-11(13(18)19)17-14(20)22-15(2,3)4/h5-6,10H,7,17H2,1-4H3,(H,18,21)(H,19,20);2*5-7,11H,8,16H2,1-4H3,(H,17,20)(H,18,19);5-7,11H,8,16H2,1-4H3,(H,17,20)(H,18,19)/t10-;3*11-/m0000/s1. The van der Waals surface area contributed by atoms with Crippen LogP contribution in [0.2, 0.25) is 0 Å². The van der Waals surface area contributed by atoms with E-state index in [2.05, 4.69) is 21.3 Å². The Kier molecular flexibility index (Phi) is 30.9. The molecule has 0 aliphatic heterocycles. The number of aliphatic carboxylic acids is 4. The number of amides is 4. The zero-order chi connectivity index (χ0) is 69.9. The van der Waals surface area contributed by atoms with Crippen LogP contribution in [-0.4, -0.2) is 156 Å². The molecule has 4 rings (SSSR count). The molecule has 0 unspecified atom stereocenters. The quantitative estimate of drug-likeness (QED) is 0.0272. The molecule has 0 aromatic heterocycles. The topological polar surface area (TPSA) is 462 Å². The van der Waals surface area contributed by atoms with Gasteiger partial charge in [0.25, 0.3) is 0 Å². The van der Waals surface area contributed by atoms with E-state index < -0.39 is 107 Å². The van der Waals surface area contributed by atoms with Gasteiger partial charge in [-0.1, -0.05) is 12.1 Å². The molecule has 0 aliphatic carbocycles. The fourth-order valence-corrected chi connectivity index (χ4v) is 6.45. The van der Waals surface area contributed by atoms with Gasteiger partial charge >= 0.3 is 48.3 Å². The number of carboxylic acid groups (broad SMARTS) is 4. The molecular weight excluding hydrogens is 1200 g/mol. The van der Waals surface area contributed by atoms with Crippen LogP contribution >= 0.6 is 0 Å². The lowest BCUT2D eigenvalue weighted by atomic mass is 10.2. The monoisotopic (exact) mass is 1290 g/mol. The Morgan fingerprint density at radius 3 is 1.14 bits per heavy atom. The van der Waals surface area contributed by atoms with Crippen LogP contribution in [0, 0.1) is 19.7 Å². The number of benzene rings is 4. The maximum Gasteiger partial charge on any atom is 0.408 e. The Balaban J connectivity index is 0.000000607. The second-order valence-electron chi connectivity index (χ2n) is 23.4. The normalized spacial score (nSPS) is 12.3. The van der Waals surface area contributed by atoms with Crippen LogP contribution < -0.4 is 72.6 Å². The summed E-state index contributed by atoms with van der Waals surface area (Å²) in [6.07, 6.45) is -3.39. The predicted molar refractivity (Wildman–Crippen MR) is 331 cm³/mol. The summed E-state index contributed by atoms with van der Waals surface area (Å²) in [5, 5.41) is 45.5. The molecule has 0 aliphatic rings. The number of nitrogens with one attached hydrogen (secondary N) is 4. The smallest absolute Gasteiger partial charge is 0.408 e. The van der Waals surface area contributed by atoms with Gasteiger partial charge in [0.2, 0.25) is 0 Å². The number of halogens is 1. The number of methoxy groups -OCH3 is 2. The van der Waals surface area contributed by atoms with E-state index in [1.807, 2.05) is 0 Å². The van der Waals surface area contributed by atoms with Gasteiger partial charge in [0.05, 0.1) is 31.3 Å². The summed E-state index contributed by atoms with van der Waals surface area (Å²) >= 11 is 0. The van der Waals surface area contributed by atoms with Crippen LogP contribution in [0.25, 0.3) is 0 Å². The summed E-state index contributed by atoms with van der Waals surface area (Å²) < 4.78 is 65.0. The molecular formula is C60H87FN8O22. The fraction of sp³-hybridized carbons (Fsp3) is 0.467. The van der Waals surface area contributed by atoms with Crippen LogP contribution in [-0.2, 0) is 38.1 Å². The number of para-hydroxylation sites is 1. The fourth-order valence-electron chi connectivity index (χ4n) is 6.45. The predicted octanol–water partition coefficient (Wildman–Crippen LogP) is 7.28. The first kappa shape index (κ1) is 78.8. The molecule has 31 heteroatoms. The molecule has 0 radical (unpaired) electrons. The summed E-state index contributed by atoms with van der Waals surface area (Å²) in [6.45, 7) is 22.2. The summed E-state index contributed by atoms with van der Waals surface area (Å²) in [5.41, 5.74) is 22.1. The molecule has 4 atom stereocenters. The first-order valence-electron chi connectivity index (χ1n) is 27.5. The molecule has 4 aromatic rings. The molecule has 506 valence electrons. The van der Waals surface area contributed by atoms with E-state index in [9.17, 15) is 42.7 Å². The summed E-state index contributed by atoms with van der Waals surface area (Å²) in [6, 6.07) is 12.2. The van der Waals surface area contributed by atoms with Crippen molar-refractivity contribution in [3.63, 3.8) is 0 Å². The average Bonchev–Trinajstić information content (AvgIpc) is 1.21. The summed E-state index contributed by atoms with van der Waals surface area (Å²) in [4.78, 5) is 91.4. The maximum atomic E-state index is 13.5. The van der Waals surface area contributed by atoms with E-state index in [1.165, 1.54) is 32.4 Å². The molecule has 91 heavy (non-hydrogen) atoms. The lowest BCUT2D eigenvalue weighted by molar-refractivity contribution is -0.141. The average molecular weight is 1290 g/mol. The van der Waals surface area contributed by atoms with Crippen LogP contribution in [0.5, 0.6) is 34.5 Å². The Morgan fingerprint density at radius 2 is 0.791 bits per heavy atom. The Labute approximate surface area is 526 Å². The number of nitrogens with two attached hydrogens (primary N) is 4. The third kappa shape index (κ3) is 32.5. The maximum absolute atomic E-state index is 13.5. The third-order valence-corrected chi connectivity index (χ3v) is 10.5. The second-order valence-corrected chi connectivity index (χ2v) is 23.4. The van der Waals surface area contributed by atoms with E-state index >= 15 is 0 Å². The molecule has 0 saturated heterocycles. The number of ether oxygens (including phenoxy) is 10. The van der Waals surface area contributed by atoms with Crippen molar-refractivity contribution < 1.29 is 111 Å². The van der Waals surface area contributed by atoms with Crippen molar-refractivity contribution in [2.24, 2.45) is 0 Å². The van der Waals surface area contributed by atoms with E-state index in [-0.39, 0.29) is 37.0 Å². The van der Waals surface area contributed by atoms with Crippen molar-refractivity contribution in [2.45, 2.75) is 144 Å². The van der Waals surface area contributed by atoms with Gasteiger partial charge in [0.15, 0.2) is 24.2 Å². The number of alkyl carbamates (subject to hydrolysis) is 4. The van der Waals surface area contributed by atoms with Crippen LogP contribution in [0.4, 0.5) is 46.3 Å². The number of carbonyl (C=O) groups is 8. The van der Waals surface area contributed by atoms with Gasteiger partial charge in [-0.15, -0.1) is 0 Å². The molecule has 4 amide bonds. The number of aryl methyl sites for hydroxylation is 2. The van der Waals surface area contributed by atoms with Crippen molar-refractivity contribution in [3.8, 4) is 34.5 Å². The van der Waals surface area contributed by atoms with Crippen molar-refractivity contribution in [1.82, 2.24) is 21.3 Å². The zero-order valence-corrected chi connectivity index (χ0v) is 53.8. The van der Waals surface area contributed by atoms with E-state index in [0.717, 1.165) is 5.56 Å². The van der Waals surface area contributed by atoms with E-state index in [0.29, 0.717) is 45.6 Å². The highest BCUT2D eigenvalue weighted by atomic mass is 19.1. The Hall–Kier alpha value is -10.2. The van der Waals surface area contributed by atoms with E-state index in [1.54, 1.807) is 145 Å². The van der Waals surface area contributed by atoms with Gasteiger partial charge in [0.1, 0.15) is 94.8 Å². The van der Waals surface area contributed by atoms with Crippen molar-refractivity contribution in [3.05, 3.63) is 83.7 Å². The van der Waals surface area contributed by atoms with Gasteiger partial charge in [-0.2, -0.15) is 0 Å². The van der Waals surface area contributed by atoms with Crippen LogP contribution in [0.15, 0.2) is 66.7 Å². The lowest BCUT2D eigenvalue weighted by Gasteiger charge is -2.22. The van der Waals surface area contributed by atoms with Crippen molar-refractivity contribution >= 4 is 71.0 Å². The third-order valence-electron chi connectivity index (χ3n) is 10.5. The molecule has 30 nitrogen and oxygen atoms in total. The molecule has 0 fully saturated rings. The van der Waals surface area contributed by atoms with Gasteiger partial charge in [0, 0.05) is 12.1 Å². The van der Waals surface area contributed by atoms with Crippen LogP contribution in [0.1, 0.15) is 94.2 Å². The van der Waals surface area contributed by atoms with Crippen molar-refractivity contribution in [2.75, 3.05) is 63.6 Å². The first-order valence-corrected chi connectivity index (χ1v) is 27.5. The second kappa shape index (κ2) is 35.7. The minimum absolute atomic E-state index is 0.0136. The summed E-state index contributed by atoms with van der Waals surface area (Å²) in [5.74, 6) is -3.66. The van der Waals surface area contributed by atoms with Gasteiger partial charge in [-0.25, -0.2) is 42.7 Å². The minimum atomic E-state index is -1.37. The number of carbonyl (C=O) groups excluding carboxylic acids is 4. The molecule has 4 aromatic carbocycles. The molecule has 0 heterocycles. The largest absolute Gasteiger partial charge is 0.497 e. The van der Waals surface area contributed by atoms with Crippen LogP contribution in [0.3, 0.4) is 0 Å². The number of rotatable bonds is 22. The molecule has 0 saturated carbocycles. The molecule has 0 spiro atoms. The molecule has 0 bridgehead atoms. The number of hydrogen-bond acceptors (Lipinski definition) is 22. The highest BCUT2D eigenvalue weighted by Gasteiger charge is 2.29. The Morgan fingerprint density at radius 1 is 0.440 bits per heavy atom. The Bertz CT molecular complexity index is 3080. The SMILES string of the molecule is COc1ccc(N)c(OC[C@H](NC(=O)OC(C)(C)C)C(=O)O)c1.COc1ccc(OC[C@H](NC(=O)OC(C)(C)C)C(=O)O)c(N)c1.Cc1cc(F)c(N)c(OC[C@H](NC(=O)OC(C)(C)C)C(=O)O)c1.Cc1cccc(N)c1OC[C@H](NC(=O)OC(C)(C)C)C(=O)O. The lowest BCUT2D eigenvalue weighted by Crippen LogP contribution is -2.46. The van der Waals surface area contributed by atoms with Gasteiger partial charge < -0.3 is 112 Å². The van der Waals surface area contributed by atoms with Gasteiger partial charge in [-0.05, 0) is 151 Å². The minimum Gasteiger partial charge on any atom is -0.497 e. The number of nitrogen functional groups attached to an aromatic ring is 4. The number of anilines is 4. The van der Waals surface area contributed by atoms with Gasteiger partial charge in [-0.3, -0.25) is 0 Å². The molecule has 16 N–H and O–H groups in total. The van der Waals surface area contributed by atoms with Crippen molar-refractivity contribution in [1.29, 1.82) is 0 Å². The number of carboxylic acids is 4. The highest BCUT2D eigenvalue weighted by molar-refractivity contribution is 5.82. The summed E-state index contributed by atoms with van der Waals surface area (Å²) in [7, 11) is 2.99. The number of hydrogen-bond donors (Lipinski definition) is 12.